The minimum Gasteiger partial charge on any atom is -0.380 e. The zero-order valence-corrected chi connectivity index (χ0v) is 11.2. The van der Waals surface area contributed by atoms with Crippen molar-refractivity contribution in [3.63, 3.8) is 0 Å². The minimum atomic E-state index is -0.182. The molecule has 0 bridgehead atoms. The summed E-state index contributed by atoms with van der Waals surface area (Å²) in [5.41, 5.74) is 1.12. The molecule has 0 radical (unpaired) electrons. The molecule has 3 atom stereocenters. The zero-order chi connectivity index (χ0) is 13.0. The average Bonchev–Trinajstić information content (AvgIpc) is 2.40. The van der Waals surface area contributed by atoms with Gasteiger partial charge in [-0.3, -0.25) is 0 Å². The number of benzene rings is 1. The van der Waals surface area contributed by atoms with E-state index in [1.807, 2.05) is 12.1 Å². The third kappa shape index (κ3) is 3.30. The fourth-order valence-electron chi connectivity index (χ4n) is 2.74. The quantitative estimate of drug-likeness (QED) is 0.885. The first kappa shape index (κ1) is 13.5. The molecule has 1 saturated carbocycles. The maximum absolute atomic E-state index is 12.9. The molecule has 3 heteroatoms. The van der Waals surface area contributed by atoms with Crippen LogP contribution in [0.1, 0.15) is 44.2 Å². The standard InChI is InChI=1S/C15H22FNO/c1-11(12-7-9-13(16)10-8-12)17-14-5-3-4-6-15(14)18-2/h7-11,14-15,17H,3-6H2,1-2H3/t11-,14?,15?/m0/s1. The molecule has 1 aromatic carbocycles. The number of halogens is 1. The highest BCUT2D eigenvalue weighted by Crippen LogP contribution is 2.23. The average molecular weight is 251 g/mol. The van der Waals surface area contributed by atoms with Gasteiger partial charge in [-0.15, -0.1) is 0 Å². The van der Waals surface area contributed by atoms with E-state index in [4.69, 9.17) is 4.74 Å². The molecule has 1 N–H and O–H groups in total. The molecule has 0 aromatic heterocycles. The maximum Gasteiger partial charge on any atom is 0.123 e. The van der Waals surface area contributed by atoms with Gasteiger partial charge in [-0.05, 0) is 37.5 Å². The van der Waals surface area contributed by atoms with Crippen molar-refractivity contribution in [2.75, 3.05) is 7.11 Å². The molecular weight excluding hydrogens is 229 g/mol. The topological polar surface area (TPSA) is 21.3 Å². The minimum absolute atomic E-state index is 0.182. The van der Waals surface area contributed by atoms with Crippen LogP contribution in [-0.2, 0) is 4.74 Å². The summed E-state index contributed by atoms with van der Waals surface area (Å²) >= 11 is 0. The van der Waals surface area contributed by atoms with Crippen LogP contribution in [0, 0.1) is 5.82 Å². The summed E-state index contributed by atoms with van der Waals surface area (Å²) in [6.07, 6.45) is 5.10. The van der Waals surface area contributed by atoms with Crippen LogP contribution < -0.4 is 5.32 Å². The highest BCUT2D eigenvalue weighted by Gasteiger charge is 2.26. The lowest BCUT2D eigenvalue weighted by Gasteiger charge is -2.33. The van der Waals surface area contributed by atoms with Crippen LogP contribution in [-0.4, -0.2) is 19.3 Å². The van der Waals surface area contributed by atoms with Crippen LogP contribution in [0.4, 0.5) is 4.39 Å². The second kappa shape index (κ2) is 6.30. The molecule has 0 amide bonds. The lowest BCUT2D eigenvalue weighted by Crippen LogP contribution is -2.44. The molecular formula is C15H22FNO. The summed E-state index contributed by atoms with van der Waals surface area (Å²) in [5, 5.41) is 3.61. The second-order valence-corrected chi connectivity index (χ2v) is 5.11. The van der Waals surface area contributed by atoms with Gasteiger partial charge in [0.1, 0.15) is 5.82 Å². The number of ether oxygens (including phenoxy) is 1. The number of rotatable bonds is 4. The van der Waals surface area contributed by atoms with E-state index in [1.54, 1.807) is 7.11 Å². The number of hydrogen-bond acceptors (Lipinski definition) is 2. The van der Waals surface area contributed by atoms with Crippen molar-refractivity contribution in [2.45, 2.75) is 50.8 Å². The highest BCUT2D eigenvalue weighted by atomic mass is 19.1. The van der Waals surface area contributed by atoms with E-state index in [0.29, 0.717) is 12.1 Å². The Bertz CT molecular complexity index is 365. The van der Waals surface area contributed by atoms with E-state index in [1.165, 1.54) is 25.0 Å². The molecule has 0 heterocycles. The van der Waals surface area contributed by atoms with Gasteiger partial charge in [0, 0.05) is 19.2 Å². The summed E-state index contributed by atoms with van der Waals surface area (Å²) in [6.45, 7) is 2.12. The van der Waals surface area contributed by atoms with Gasteiger partial charge in [0.25, 0.3) is 0 Å². The van der Waals surface area contributed by atoms with Gasteiger partial charge in [-0.25, -0.2) is 4.39 Å². The van der Waals surface area contributed by atoms with E-state index < -0.39 is 0 Å². The number of hydrogen-bond donors (Lipinski definition) is 1. The Labute approximate surface area is 109 Å². The van der Waals surface area contributed by atoms with E-state index in [0.717, 1.165) is 18.4 Å². The molecule has 100 valence electrons. The van der Waals surface area contributed by atoms with Crippen molar-refractivity contribution in [2.24, 2.45) is 0 Å². The molecule has 1 aromatic rings. The SMILES string of the molecule is COC1CCCCC1N[C@@H](C)c1ccc(F)cc1. The van der Waals surface area contributed by atoms with Gasteiger partial charge >= 0.3 is 0 Å². The van der Waals surface area contributed by atoms with Crippen molar-refractivity contribution in [3.05, 3.63) is 35.6 Å². The van der Waals surface area contributed by atoms with E-state index >= 15 is 0 Å². The van der Waals surface area contributed by atoms with E-state index in [9.17, 15) is 4.39 Å². The molecule has 1 fully saturated rings. The van der Waals surface area contributed by atoms with Crippen molar-refractivity contribution in [3.8, 4) is 0 Å². The zero-order valence-electron chi connectivity index (χ0n) is 11.2. The van der Waals surface area contributed by atoms with E-state index in [2.05, 4.69) is 12.2 Å². The highest BCUT2D eigenvalue weighted by molar-refractivity contribution is 5.19. The Kier molecular flexibility index (Phi) is 4.72. The lowest BCUT2D eigenvalue weighted by atomic mass is 9.91. The molecule has 0 spiro atoms. The smallest absolute Gasteiger partial charge is 0.123 e. The Balaban J connectivity index is 1.97. The Morgan fingerprint density at radius 1 is 1.22 bits per heavy atom. The molecule has 2 nitrogen and oxygen atoms in total. The van der Waals surface area contributed by atoms with Crippen LogP contribution >= 0.6 is 0 Å². The summed E-state index contributed by atoms with van der Waals surface area (Å²) in [7, 11) is 1.78. The number of nitrogens with one attached hydrogen (secondary N) is 1. The summed E-state index contributed by atoms with van der Waals surface area (Å²) < 4.78 is 18.4. The van der Waals surface area contributed by atoms with Gasteiger partial charge < -0.3 is 10.1 Å². The monoisotopic (exact) mass is 251 g/mol. The number of methoxy groups -OCH3 is 1. The summed E-state index contributed by atoms with van der Waals surface area (Å²) in [5.74, 6) is -0.182. The largest absolute Gasteiger partial charge is 0.380 e. The van der Waals surface area contributed by atoms with Crippen molar-refractivity contribution >= 4 is 0 Å². The van der Waals surface area contributed by atoms with Crippen LogP contribution in [0.3, 0.4) is 0 Å². The van der Waals surface area contributed by atoms with Gasteiger partial charge in [-0.2, -0.15) is 0 Å². The molecule has 0 saturated heterocycles. The van der Waals surface area contributed by atoms with Gasteiger partial charge in [0.15, 0.2) is 0 Å². The lowest BCUT2D eigenvalue weighted by molar-refractivity contribution is 0.0384. The maximum atomic E-state index is 12.9. The third-order valence-corrected chi connectivity index (χ3v) is 3.84. The first-order valence-electron chi connectivity index (χ1n) is 6.75. The molecule has 0 aliphatic heterocycles. The van der Waals surface area contributed by atoms with Crippen LogP contribution in [0.5, 0.6) is 0 Å². The Morgan fingerprint density at radius 2 is 1.89 bits per heavy atom. The van der Waals surface area contributed by atoms with Crippen molar-refractivity contribution in [1.82, 2.24) is 5.32 Å². The first-order chi connectivity index (χ1) is 8.70. The molecule has 2 unspecified atom stereocenters. The Hall–Kier alpha value is -0.930. The molecule has 18 heavy (non-hydrogen) atoms. The predicted molar refractivity (Wildman–Crippen MR) is 71.0 cm³/mol. The molecule has 1 aliphatic rings. The fourth-order valence-corrected chi connectivity index (χ4v) is 2.74. The summed E-state index contributed by atoms with van der Waals surface area (Å²) in [4.78, 5) is 0. The normalized spacial score (nSPS) is 25.9. The van der Waals surface area contributed by atoms with Crippen LogP contribution in [0.2, 0.25) is 0 Å². The third-order valence-electron chi connectivity index (χ3n) is 3.84. The van der Waals surface area contributed by atoms with Gasteiger partial charge in [-0.1, -0.05) is 25.0 Å². The van der Waals surface area contributed by atoms with Crippen molar-refractivity contribution < 1.29 is 9.13 Å². The van der Waals surface area contributed by atoms with Gasteiger partial charge in [0.05, 0.1) is 6.10 Å². The molecule has 1 aliphatic carbocycles. The summed E-state index contributed by atoms with van der Waals surface area (Å²) in [6, 6.07) is 7.36. The Morgan fingerprint density at radius 3 is 2.56 bits per heavy atom. The van der Waals surface area contributed by atoms with Crippen molar-refractivity contribution in [1.29, 1.82) is 0 Å². The van der Waals surface area contributed by atoms with Gasteiger partial charge in [0.2, 0.25) is 0 Å². The van der Waals surface area contributed by atoms with E-state index in [-0.39, 0.29) is 11.9 Å². The van der Waals surface area contributed by atoms with Crippen LogP contribution in [0.25, 0.3) is 0 Å². The first-order valence-corrected chi connectivity index (χ1v) is 6.75. The second-order valence-electron chi connectivity index (χ2n) is 5.11. The molecule has 2 rings (SSSR count). The predicted octanol–water partition coefficient (Wildman–Crippen LogP) is 3.43. The van der Waals surface area contributed by atoms with Crippen LogP contribution in [0.15, 0.2) is 24.3 Å². The fraction of sp³-hybridized carbons (Fsp3) is 0.600.